The van der Waals surface area contributed by atoms with Crippen molar-refractivity contribution in [2.24, 2.45) is 5.10 Å². The summed E-state index contributed by atoms with van der Waals surface area (Å²) in [5.41, 5.74) is 3.81. The maximum Gasteiger partial charge on any atom is 0.237 e. The standard InChI is InChI=1S/C10H5BrN6/c11-8-1-2-9(10-7(8)5-14-17-10)16-15-6(3-12)4-13/h1-2,5,16H,(H,14,17). The van der Waals surface area contributed by atoms with Crippen LogP contribution in [-0.4, -0.2) is 15.9 Å². The van der Waals surface area contributed by atoms with Gasteiger partial charge in [-0.3, -0.25) is 10.5 Å². The summed E-state index contributed by atoms with van der Waals surface area (Å²) in [5.74, 6) is 0. The number of hydrazone groups is 1. The molecule has 7 heteroatoms. The molecule has 0 amide bonds. The second kappa shape index (κ2) is 4.64. The lowest BCUT2D eigenvalue weighted by Crippen LogP contribution is -1.97. The lowest BCUT2D eigenvalue weighted by Gasteiger charge is -2.02. The lowest BCUT2D eigenvalue weighted by molar-refractivity contribution is 1.12. The van der Waals surface area contributed by atoms with Crippen LogP contribution in [0.15, 0.2) is 27.9 Å². The number of rotatable bonds is 2. The van der Waals surface area contributed by atoms with Gasteiger partial charge in [-0.1, -0.05) is 15.9 Å². The second-order valence-corrected chi connectivity index (χ2v) is 3.90. The first kappa shape index (κ1) is 11.1. The monoisotopic (exact) mass is 288 g/mol. The molecule has 2 aromatic rings. The van der Waals surface area contributed by atoms with Gasteiger partial charge in [0.1, 0.15) is 12.1 Å². The number of fused-ring (bicyclic) bond motifs is 1. The number of halogens is 1. The molecular formula is C10H5BrN6. The number of hydrogen-bond acceptors (Lipinski definition) is 5. The molecule has 17 heavy (non-hydrogen) atoms. The molecule has 1 aromatic carbocycles. The topological polar surface area (TPSA) is 101 Å². The van der Waals surface area contributed by atoms with Crippen LogP contribution >= 0.6 is 15.9 Å². The molecule has 6 nitrogen and oxygen atoms in total. The van der Waals surface area contributed by atoms with Crippen LogP contribution in [-0.2, 0) is 0 Å². The Morgan fingerprint density at radius 1 is 1.41 bits per heavy atom. The van der Waals surface area contributed by atoms with Crippen LogP contribution in [0.4, 0.5) is 5.69 Å². The molecule has 0 spiro atoms. The Balaban J connectivity index is 2.42. The Labute approximate surface area is 105 Å². The molecule has 0 radical (unpaired) electrons. The van der Waals surface area contributed by atoms with E-state index in [2.05, 4.69) is 36.7 Å². The van der Waals surface area contributed by atoms with Crippen molar-refractivity contribution >= 4 is 38.2 Å². The molecule has 0 bridgehead atoms. The van der Waals surface area contributed by atoms with E-state index in [0.717, 1.165) is 15.4 Å². The summed E-state index contributed by atoms with van der Waals surface area (Å²) >= 11 is 3.39. The number of aromatic nitrogens is 2. The smallest absolute Gasteiger partial charge is 0.237 e. The quantitative estimate of drug-likeness (QED) is 0.653. The number of hydrogen-bond donors (Lipinski definition) is 2. The van der Waals surface area contributed by atoms with Gasteiger partial charge >= 0.3 is 0 Å². The molecule has 2 N–H and O–H groups in total. The molecule has 0 saturated heterocycles. The first-order valence-electron chi connectivity index (χ1n) is 4.51. The minimum absolute atomic E-state index is 0.236. The zero-order chi connectivity index (χ0) is 12.3. The SMILES string of the molecule is N#CC(C#N)=NNc1ccc(Br)c2cn[nH]c12. The third-order valence-corrected chi connectivity index (χ3v) is 2.75. The lowest BCUT2D eigenvalue weighted by atomic mass is 10.2. The highest BCUT2D eigenvalue weighted by molar-refractivity contribution is 9.10. The zero-order valence-corrected chi connectivity index (χ0v) is 9.98. The molecule has 0 aliphatic carbocycles. The molecule has 0 atom stereocenters. The van der Waals surface area contributed by atoms with Gasteiger partial charge in [0.05, 0.1) is 17.4 Å². The Bertz CT molecular complexity index is 656. The molecule has 82 valence electrons. The highest BCUT2D eigenvalue weighted by Gasteiger charge is 2.05. The van der Waals surface area contributed by atoms with Gasteiger partial charge in [0.2, 0.25) is 5.71 Å². The normalized spacial score (nSPS) is 9.35. The van der Waals surface area contributed by atoms with E-state index in [1.54, 1.807) is 24.4 Å². The summed E-state index contributed by atoms with van der Waals surface area (Å²) in [6.45, 7) is 0. The van der Waals surface area contributed by atoms with Crippen molar-refractivity contribution < 1.29 is 0 Å². The fraction of sp³-hybridized carbons (Fsp3) is 0. The maximum atomic E-state index is 8.55. The molecule has 0 aliphatic heterocycles. The van der Waals surface area contributed by atoms with Gasteiger partial charge in [-0.15, -0.1) is 0 Å². The van der Waals surface area contributed by atoms with Gasteiger partial charge in [-0.25, -0.2) is 0 Å². The average Bonchev–Trinajstić information content (AvgIpc) is 2.83. The third-order valence-electron chi connectivity index (χ3n) is 2.06. The maximum absolute atomic E-state index is 8.55. The number of anilines is 1. The first-order valence-corrected chi connectivity index (χ1v) is 5.31. The zero-order valence-electron chi connectivity index (χ0n) is 8.40. The Kier molecular flexibility index (Phi) is 3.03. The largest absolute Gasteiger partial charge is 0.276 e. The van der Waals surface area contributed by atoms with Crippen LogP contribution in [0.1, 0.15) is 0 Å². The highest BCUT2D eigenvalue weighted by Crippen LogP contribution is 2.28. The van der Waals surface area contributed by atoms with Gasteiger partial charge in [0, 0.05) is 9.86 Å². The molecule has 0 fully saturated rings. The first-order chi connectivity index (χ1) is 8.26. The predicted octanol–water partition coefficient (Wildman–Crippen LogP) is 2.14. The minimum atomic E-state index is -0.236. The predicted molar refractivity (Wildman–Crippen MR) is 66.1 cm³/mol. The van der Waals surface area contributed by atoms with Crippen molar-refractivity contribution in [2.75, 3.05) is 5.43 Å². The van der Waals surface area contributed by atoms with Gasteiger partial charge < -0.3 is 0 Å². The third kappa shape index (κ3) is 2.10. The summed E-state index contributed by atoms with van der Waals surface area (Å²) in [7, 11) is 0. The highest BCUT2D eigenvalue weighted by atomic mass is 79.9. The number of nitriles is 2. The van der Waals surface area contributed by atoms with E-state index >= 15 is 0 Å². The molecule has 2 rings (SSSR count). The van der Waals surface area contributed by atoms with E-state index in [1.807, 2.05) is 6.07 Å². The minimum Gasteiger partial charge on any atom is -0.276 e. The number of benzene rings is 1. The van der Waals surface area contributed by atoms with E-state index < -0.39 is 0 Å². The number of nitrogens with zero attached hydrogens (tertiary/aromatic N) is 4. The van der Waals surface area contributed by atoms with E-state index in [1.165, 1.54) is 0 Å². The summed E-state index contributed by atoms with van der Waals surface area (Å²) in [5, 5.41) is 28.4. The molecule has 0 aliphatic rings. The number of aromatic amines is 1. The summed E-state index contributed by atoms with van der Waals surface area (Å²) in [4.78, 5) is 0. The molecule has 0 unspecified atom stereocenters. The van der Waals surface area contributed by atoms with Gasteiger partial charge in [0.25, 0.3) is 0 Å². The van der Waals surface area contributed by atoms with Crippen molar-refractivity contribution in [2.45, 2.75) is 0 Å². The molecule has 1 aromatic heterocycles. The fourth-order valence-corrected chi connectivity index (χ4v) is 1.72. The Morgan fingerprint density at radius 2 is 2.18 bits per heavy atom. The molecule has 0 saturated carbocycles. The molecular weight excluding hydrogens is 284 g/mol. The Hall–Kier alpha value is -2.38. The van der Waals surface area contributed by atoms with Crippen molar-refractivity contribution in [1.82, 2.24) is 10.2 Å². The summed E-state index contributed by atoms with van der Waals surface area (Å²) in [6.07, 6.45) is 1.67. The number of nitrogens with one attached hydrogen (secondary N) is 2. The van der Waals surface area contributed by atoms with E-state index in [-0.39, 0.29) is 5.71 Å². The van der Waals surface area contributed by atoms with Gasteiger partial charge in [-0.05, 0) is 12.1 Å². The van der Waals surface area contributed by atoms with Crippen LogP contribution in [0, 0.1) is 22.7 Å². The average molecular weight is 289 g/mol. The van der Waals surface area contributed by atoms with E-state index in [0.29, 0.717) is 5.69 Å². The Morgan fingerprint density at radius 3 is 2.88 bits per heavy atom. The summed E-state index contributed by atoms with van der Waals surface area (Å²) < 4.78 is 0.900. The summed E-state index contributed by atoms with van der Waals surface area (Å²) in [6, 6.07) is 6.92. The van der Waals surface area contributed by atoms with E-state index in [9.17, 15) is 0 Å². The van der Waals surface area contributed by atoms with Crippen LogP contribution < -0.4 is 5.43 Å². The van der Waals surface area contributed by atoms with Gasteiger partial charge in [0.15, 0.2) is 0 Å². The van der Waals surface area contributed by atoms with Crippen molar-refractivity contribution in [3.63, 3.8) is 0 Å². The van der Waals surface area contributed by atoms with Crippen LogP contribution in [0.2, 0.25) is 0 Å². The second-order valence-electron chi connectivity index (χ2n) is 3.05. The van der Waals surface area contributed by atoms with Gasteiger partial charge in [-0.2, -0.15) is 20.7 Å². The van der Waals surface area contributed by atoms with Crippen molar-refractivity contribution in [1.29, 1.82) is 10.5 Å². The molecule has 1 heterocycles. The van der Waals surface area contributed by atoms with Crippen LogP contribution in [0.5, 0.6) is 0 Å². The van der Waals surface area contributed by atoms with Crippen molar-refractivity contribution in [3.8, 4) is 12.1 Å². The fourth-order valence-electron chi connectivity index (χ4n) is 1.29. The van der Waals surface area contributed by atoms with Crippen LogP contribution in [0.25, 0.3) is 10.9 Å². The van der Waals surface area contributed by atoms with Crippen LogP contribution in [0.3, 0.4) is 0 Å². The number of H-pyrrole nitrogens is 1. The van der Waals surface area contributed by atoms with Crippen molar-refractivity contribution in [3.05, 3.63) is 22.8 Å². The van der Waals surface area contributed by atoms with E-state index in [4.69, 9.17) is 10.5 Å².